The first kappa shape index (κ1) is 12.9. The number of nitrogens with two attached hydrogens (primary N) is 1. The van der Waals surface area contributed by atoms with Crippen molar-refractivity contribution in [2.45, 2.75) is 32.7 Å². The van der Waals surface area contributed by atoms with Gasteiger partial charge in [0.25, 0.3) is 0 Å². The fourth-order valence-electron chi connectivity index (χ4n) is 1.13. The van der Waals surface area contributed by atoms with E-state index in [2.05, 4.69) is 5.32 Å². The smallest absolute Gasteiger partial charge is 0.320 e. The molecule has 0 fully saturated rings. The molecular formula is C9H18N2O3. The molecule has 0 bridgehead atoms. The molecule has 82 valence electrons. The van der Waals surface area contributed by atoms with Crippen LogP contribution in [0.3, 0.4) is 0 Å². The van der Waals surface area contributed by atoms with Gasteiger partial charge in [0.1, 0.15) is 6.04 Å². The first-order valence-electron chi connectivity index (χ1n) is 4.69. The van der Waals surface area contributed by atoms with Crippen molar-refractivity contribution in [3.63, 3.8) is 0 Å². The van der Waals surface area contributed by atoms with E-state index < -0.39 is 12.0 Å². The van der Waals surface area contributed by atoms with Crippen molar-refractivity contribution in [3.05, 3.63) is 0 Å². The minimum atomic E-state index is -0.862. The number of hydrogen-bond donors (Lipinski definition) is 3. The molecule has 1 unspecified atom stereocenters. The second-order valence-corrected chi connectivity index (χ2v) is 3.58. The van der Waals surface area contributed by atoms with Gasteiger partial charge in [0, 0.05) is 6.42 Å². The van der Waals surface area contributed by atoms with E-state index in [4.69, 9.17) is 10.8 Å². The van der Waals surface area contributed by atoms with Crippen LogP contribution in [0.4, 0.5) is 0 Å². The van der Waals surface area contributed by atoms with Gasteiger partial charge in [-0.15, -0.1) is 0 Å². The van der Waals surface area contributed by atoms with Crippen LogP contribution in [0, 0.1) is 5.92 Å². The Balaban J connectivity index is 3.73. The molecule has 5 nitrogen and oxygen atoms in total. The summed E-state index contributed by atoms with van der Waals surface area (Å²) >= 11 is 0. The predicted molar refractivity (Wildman–Crippen MR) is 52.7 cm³/mol. The Morgan fingerprint density at radius 2 is 2.00 bits per heavy atom. The first-order valence-corrected chi connectivity index (χ1v) is 4.69. The largest absolute Gasteiger partial charge is 0.480 e. The summed E-state index contributed by atoms with van der Waals surface area (Å²) in [7, 11) is 0. The van der Waals surface area contributed by atoms with Gasteiger partial charge in [-0.2, -0.15) is 0 Å². The van der Waals surface area contributed by atoms with Crippen molar-refractivity contribution in [3.8, 4) is 0 Å². The van der Waals surface area contributed by atoms with Gasteiger partial charge >= 0.3 is 5.97 Å². The molecule has 0 spiro atoms. The number of nitrogens with one attached hydrogen (secondary N) is 1. The van der Waals surface area contributed by atoms with Crippen molar-refractivity contribution in [1.82, 2.24) is 5.32 Å². The number of hydrogen-bond acceptors (Lipinski definition) is 3. The second-order valence-electron chi connectivity index (χ2n) is 3.58. The number of primary amides is 1. The maximum absolute atomic E-state index is 10.7. The third kappa shape index (κ3) is 5.53. The van der Waals surface area contributed by atoms with Crippen molar-refractivity contribution in [1.29, 1.82) is 0 Å². The molecule has 0 aromatic heterocycles. The van der Waals surface area contributed by atoms with Gasteiger partial charge in [-0.3, -0.25) is 9.59 Å². The topological polar surface area (TPSA) is 92.4 Å². The highest BCUT2D eigenvalue weighted by molar-refractivity contribution is 5.74. The molecule has 1 amide bonds. The van der Waals surface area contributed by atoms with Crippen LogP contribution in [-0.2, 0) is 9.59 Å². The predicted octanol–water partition coefficient (Wildman–Crippen LogP) is -0.0493. The Morgan fingerprint density at radius 1 is 1.43 bits per heavy atom. The van der Waals surface area contributed by atoms with Crippen LogP contribution in [0.2, 0.25) is 0 Å². The van der Waals surface area contributed by atoms with Crippen LogP contribution in [0.15, 0.2) is 0 Å². The van der Waals surface area contributed by atoms with Crippen LogP contribution in [0.25, 0.3) is 0 Å². The van der Waals surface area contributed by atoms with E-state index in [-0.39, 0.29) is 18.2 Å². The summed E-state index contributed by atoms with van der Waals surface area (Å²) in [5.74, 6) is -1.19. The molecule has 4 N–H and O–H groups in total. The molecular weight excluding hydrogens is 184 g/mol. The summed E-state index contributed by atoms with van der Waals surface area (Å²) in [4.78, 5) is 21.1. The highest BCUT2D eigenvalue weighted by atomic mass is 16.4. The maximum Gasteiger partial charge on any atom is 0.320 e. The highest BCUT2D eigenvalue weighted by Crippen LogP contribution is 2.01. The molecule has 14 heavy (non-hydrogen) atoms. The van der Waals surface area contributed by atoms with Crippen LogP contribution in [-0.4, -0.2) is 29.6 Å². The zero-order chi connectivity index (χ0) is 11.1. The molecule has 0 aliphatic carbocycles. The summed E-state index contributed by atoms with van der Waals surface area (Å²) in [6, 6.07) is -0.553. The number of carboxylic acids is 1. The minimum Gasteiger partial charge on any atom is -0.480 e. The highest BCUT2D eigenvalue weighted by Gasteiger charge is 2.19. The number of amides is 1. The number of rotatable bonds is 7. The van der Waals surface area contributed by atoms with Crippen LogP contribution in [0.5, 0.6) is 0 Å². The van der Waals surface area contributed by atoms with Crippen LogP contribution < -0.4 is 11.1 Å². The van der Waals surface area contributed by atoms with Crippen molar-refractivity contribution < 1.29 is 14.7 Å². The number of carbonyl (C=O) groups excluding carboxylic acids is 1. The summed E-state index contributed by atoms with van der Waals surface area (Å²) in [5, 5.41) is 11.7. The van der Waals surface area contributed by atoms with Crippen molar-refractivity contribution >= 4 is 11.9 Å². The van der Waals surface area contributed by atoms with Gasteiger partial charge in [0.05, 0.1) is 0 Å². The van der Waals surface area contributed by atoms with Crippen molar-refractivity contribution in [2.24, 2.45) is 11.7 Å². The molecule has 0 aliphatic heterocycles. The van der Waals surface area contributed by atoms with Crippen molar-refractivity contribution in [2.75, 3.05) is 6.54 Å². The van der Waals surface area contributed by atoms with Gasteiger partial charge in [0.15, 0.2) is 0 Å². The standard InChI is InChI=1S/C9H18N2O3/c1-6(2)8(9(13)14)11-5-3-4-7(10)12/h6,8,11H,3-5H2,1-2H3,(H2,10,12)(H,13,14). The van der Waals surface area contributed by atoms with E-state index >= 15 is 0 Å². The van der Waals surface area contributed by atoms with E-state index in [1.807, 2.05) is 13.8 Å². The maximum atomic E-state index is 10.7. The summed E-state index contributed by atoms with van der Waals surface area (Å²) in [6.45, 7) is 4.16. The fraction of sp³-hybridized carbons (Fsp3) is 0.778. The lowest BCUT2D eigenvalue weighted by Crippen LogP contribution is -2.41. The number of carbonyl (C=O) groups is 2. The van der Waals surface area contributed by atoms with E-state index in [0.29, 0.717) is 13.0 Å². The fourth-order valence-corrected chi connectivity index (χ4v) is 1.13. The lowest BCUT2D eigenvalue weighted by atomic mass is 10.0. The molecule has 0 aliphatic rings. The van der Waals surface area contributed by atoms with Gasteiger partial charge in [-0.05, 0) is 18.9 Å². The van der Waals surface area contributed by atoms with Crippen LogP contribution in [0.1, 0.15) is 26.7 Å². The van der Waals surface area contributed by atoms with E-state index in [1.165, 1.54) is 0 Å². The first-order chi connectivity index (χ1) is 6.45. The SMILES string of the molecule is CC(C)C(NCCCC(N)=O)C(=O)O. The molecule has 5 heteroatoms. The Morgan fingerprint density at radius 3 is 2.36 bits per heavy atom. The van der Waals surface area contributed by atoms with E-state index in [9.17, 15) is 9.59 Å². The molecule has 1 atom stereocenters. The Bertz CT molecular complexity index is 204. The zero-order valence-corrected chi connectivity index (χ0v) is 8.62. The van der Waals surface area contributed by atoms with Gasteiger partial charge in [-0.1, -0.05) is 13.8 Å². The molecule has 0 aromatic carbocycles. The molecule has 0 saturated carbocycles. The normalized spacial score (nSPS) is 12.8. The Labute approximate surface area is 83.7 Å². The quantitative estimate of drug-likeness (QED) is 0.505. The lowest BCUT2D eigenvalue weighted by molar-refractivity contribution is -0.140. The van der Waals surface area contributed by atoms with Crippen LogP contribution >= 0.6 is 0 Å². The molecule has 0 aromatic rings. The molecule has 0 rings (SSSR count). The molecule has 0 radical (unpaired) electrons. The summed E-state index contributed by atoms with van der Waals surface area (Å²) in [5.41, 5.74) is 4.95. The number of aliphatic carboxylic acids is 1. The van der Waals surface area contributed by atoms with Gasteiger partial charge < -0.3 is 16.2 Å². The molecule has 0 heterocycles. The third-order valence-electron chi connectivity index (χ3n) is 1.90. The Hall–Kier alpha value is -1.10. The Kier molecular flexibility index (Phi) is 5.87. The summed E-state index contributed by atoms with van der Waals surface area (Å²) in [6.07, 6.45) is 0.864. The zero-order valence-electron chi connectivity index (χ0n) is 8.62. The monoisotopic (exact) mass is 202 g/mol. The number of carboxylic acid groups (broad SMARTS) is 1. The average molecular weight is 202 g/mol. The second kappa shape index (κ2) is 6.37. The average Bonchev–Trinajstić information content (AvgIpc) is 2.01. The third-order valence-corrected chi connectivity index (χ3v) is 1.90. The molecule has 0 saturated heterocycles. The summed E-state index contributed by atoms with van der Waals surface area (Å²) < 4.78 is 0. The lowest BCUT2D eigenvalue weighted by Gasteiger charge is -2.17. The van der Waals surface area contributed by atoms with Gasteiger partial charge in [-0.25, -0.2) is 0 Å². The van der Waals surface area contributed by atoms with Gasteiger partial charge in [0.2, 0.25) is 5.91 Å². The van der Waals surface area contributed by atoms with E-state index in [1.54, 1.807) is 0 Å². The minimum absolute atomic E-state index is 0.0288. The van der Waals surface area contributed by atoms with E-state index in [0.717, 1.165) is 0 Å².